The molecule has 0 bridgehead atoms. The molecule has 1 saturated heterocycles. The van der Waals surface area contributed by atoms with Crippen LogP contribution in [0.15, 0.2) is 0 Å². The molecule has 6 nitrogen and oxygen atoms in total. The molecule has 2 unspecified atom stereocenters. The van der Waals surface area contributed by atoms with E-state index in [9.17, 15) is 0 Å². The molecule has 6 heteroatoms. The number of ether oxygens (including phenoxy) is 1. The molecule has 0 aromatic carbocycles. The zero-order valence-corrected chi connectivity index (χ0v) is 12.7. The van der Waals surface area contributed by atoms with Crippen molar-refractivity contribution in [1.82, 2.24) is 9.97 Å². The van der Waals surface area contributed by atoms with Crippen LogP contribution in [0, 0.1) is 12.8 Å². The second-order valence-corrected chi connectivity index (χ2v) is 5.71. The van der Waals surface area contributed by atoms with Crippen molar-refractivity contribution in [3.63, 3.8) is 0 Å². The summed E-state index contributed by atoms with van der Waals surface area (Å²) in [4.78, 5) is 9.04. The van der Waals surface area contributed by atoms with Gasteiger partial charge in [0.25, 0.3) is 0 Å². The van der Waals surface area contributed by atoms with Crippen LogP contribution >= 0.6 is 0 Å². The van der Waals surface area contributed by atoms with E-state index < -0.39 is 0 Å². The minimum absolute atomic E-state index is 0.261. The van der Waals surface area contributed by atoms with Gasteiger partial charge in [0, 0.05) is 30.6 Å². The van der Waals surface area contributed by atoms with Gasteiger partial charge < -0.3 is 15.5 Å². The number of hydrogen-bond donors (Lipinski definition) is 3. The Hall–Kier alpha value is -1.40. The Morgan fingerprint density at radius 1 is 1.35 bits per heavy atom. The quantitative estimate of drug-likeness (QED) is 0.565. The molecule has 0 spiro atoms. The molecule has 20 heavy (non-hydrogen) atoms. The Kier molecular flexibility index (Phi) is 4.77. The maximum Gasteiger partial charge on any atom is 0.148 e. The third-order valence-electron chi connectivity index (χ3n) is 3.88. The molecular formula is C14H25N5O. The van der Waals surface area contributed by atoms with Gasteiger partial charge in [-0.1, -0.05) is 13.8 Å². The predicted molar refractivity (Wildman–Crippen MR) is 80.7 cm³/mol. The molecular weight excluding hydrogens is 254 g/mol. The lowest BCUT2D eigenvalue weighted by Gasteiger charge is -2.18. The van der Waals surface area contributed by atoms with Gasteiger partial charge in [-0.25, -0.2) is 15.8 Å². The van der Waals surface area contributed by atoms with Crippen LogP contribution in [0.2, 0.25) is 0 Å². The van der Waals surface area contributed by atoms with Gasteiger partial charge >= 0.3 is 0 Å². The van der Waals surface area contributed by atoms with Crippen LogP contribution in [-0.4, -0.2) is 29.2 Å². The Labute approximate surface area is 120 Å². The van der Waals surface area contributed by atoms with Gasteiger partial charge in [-0.15, -0.1) is 0 Å². The van der Waals surface area contributed by atoms with Crippen LogP contribution in [0.5, 0.6) is 0 Å². The van der Waals surface area contributed by atoms with Crippen molar-refractivity contribution in [1.29, 1.82) is 0 Å². The first-order valence-electron chi connectivity index (χ1n) is 7.23. The molecule has 0 amide bonds. The first kappa shape index (κ1) is 15.0. The minimum Gasteiger partial charge on any atom is -0.378 e. The summed E-state index contributed by atoms with van der Waals surface area (Å²) >= 11 is 0. The average Bonchev–Trinajstić information content (AvgIpc) is 2.83. The zero-order valence-electron chi connectivity index (χ0n) is 12.7. The van der Waals surface area contributed by atoms with Gasteiger partial charge in [-0.2, -0.15) is 0 Å². The summed E-state index contributed by atoms with van der Waals surface area (Å²) in [6.07, 6.45) is 1.40. The molecule has 1 aliphatic heterocycles. The van der Waals surface area contributed by atoms with Crippen LogP contribution in [0.1, 0.15) is 44.5 Å². The fourth-order valence-corrected chi connectivity index (χ4v) is 2.38. The van der Waals surface area contributed by atoms with Crippen molar-refractivity contribution in [3.05, 3.63) is 11.4 Å². The molecule has 2 heterocycles. The van der Waals surface area contributed by atoms with Gasteiger partial charge in [0.15, 0.2) is 0 Å². The number of rotatable bonds is 5. The number of hydrazine groups is 1. The van der Waals surface area contributed by atoms with Crippen LogP contribution in [0.25, 0.3) is 0 Å². The summed E-state index contributed by atoms with van der Waals surface area (Å²) < 4.78 is 5.59. The molecule has 112 valence electrons. The number of anilines is 2. The van der Waals surface area contributed by atoms with Crippen LogP contribution in [0.3, 0.4) is 0 Å². The highest BCUT2D eigenvalue weighted by Gasteiger charge is 2.24. The standard InChI is InChI=1S/C14H25N5O/c1-8(2)12-17-13(9(3)14(18-12)19-15)16-7-11-5-6-20-10(11)4/h8,10-11H,5-7,15H2,1-4H3,(H2,16,17,18,19). The van der Waals surface area contributed by atoms with Gasteiger partial charge in [-0.05, 0) is 20.3 Å². The third-order valence-corrected chi connectivity index (χ3v) is 3.88. The first-order chi connectivity index (χ1) is 9.52. The minimum atomic E-state index is 0.261. The molecule has 1 fully saturated rings. The van der Waals surface area contributed by atoms with E-state index in [4.69, 9.17) is 10.6 Å². The maximum absolute atomic E-state index is 5.59. The number of hydrogen-bond acceptors (Lipinski definition) is 6. The van der Waals surface area contributed by atoms with Crippen molar-refractivity contribution in [2.75, 3.05) is 23.9 Å². The largest absolute Gasteiger partial charge is 0.378 e. The predicted octanol–water partition coefficient (Wildman–Crippen LogP) is 2.03. The zero-order chi connectivity index (χ0) is 14.7. The average molecular weight is 279 g/mol. The van der Waals surface area contributed by atoms with E-state index in [1.807, 2.05) is 6.92 Å². The molecule has 0 saturated carbocycles. The molecule has 2 atom stereocenters. The van der Waals surface area contributed by atoms with Gasteiger partial charge in [-0.3, -0.25) is 0 Å². The van der Waals surface area contributed by atoms with Gasteiger partial charge in [0.1, 0.15) is 17.5 Å². The van der Waals surface area contributed by atoms with E-state index in [0.717, 1.165) is 36.8 Å². The molecule has 2 rings (SSSR count). The Morgan fingerprint density at radius 3 is 2.60 bits per heavy atom. The molecule has 1 aliphatic rings. The van der Waals surface area contributed by atoms with Gasteiger partial charge in [0.05, 0.1) is 6.10 Å². The lowest BCUT2D eigenvalue weighted by Crippen LogP contribution is -2.22. The number of aromatic nitrogens is 2. The number of nitrogens with two attached hydrogens (primary N) is 1. The summed E-state index contributed by atoms with van der Waals surface area (Å²) in [7, 11) is 0. The van der Waals surface area contributed by atoms with E-state index in [1.165, 1.54) is 0 Å². The molecule has 0 aliphatic carbocycles. The summed E-state index contributed by atoms with van der Waals surface area (Å²) in [6.45, 7) is 9.95. The SMILES string of the molecule is Cc1c(NN)nc(C(C)C)nc1NCC1CCOC1C. The normalized spacial score (nSPS) is 22.3. The lowest BCUT2D eigenvalue weighted by molar-refractivity contribution is 0.108. The van der Waals surface area contributed by atoms with E-state index in [0.29, 0.717) is 17.8 Å². The fourth-order valence-electron chi connectivity index (χ4n) is 2.38. The Balaban J connectivity index is 2.15. The number of nitrogen functional groups attached to an aromatic ring is 1. The van der Waals surface area contributed by atoms with Crippen molar-refractivity contribution >= 4 is 11.6 Å². The fraction of sp³-hybridized carbons (Fsp3) is 0.714. The van der Waals surface area contributed by atoms with Crippen molar-refractivity contribution in [2.24, 2.45) is 11.8 Å². The summed E-state index contributed by atoms with van der Waals surface area (Å²) in [5.41, 5.74) is 3.60. The maximum atomic E-state index is 5.59. The van der Waals surface area contributed by atoms with Crippen molar-refractivity contribution in [2.45, 2.75) is 46.1 Å². The second kappa shape index (κ2) is 6.37. The summed E-state index contributed by atoms with van der Waals surface area (Å²) in [6, 6.07) is 0. The van der Waals surface area contributed by atoms with E-state index in [1.54, 1.807) is 0 Å². The van der Waals surface area contributed by atoms with E-state index in [-0.39, 0.29) is 5.92 Å². The second-order valence-electron chi connectivity index (χ2n) is 5.71. The topological polar surface area (TPSA) is 85.1 Å². The van der Waals surface area contributed by atoms with E-state index >= 15 is 0 Å². The highest BCUT2D eigenvalue weighted by Crippen LogP contribution is 2.25. The van der Waals surface area contributed by atoms with E-state index in [2.05, 4.69) is 41.5 Å². The molecule has 1 aromatic rings. The highest BCUT2D eigenvalue weighted by molar-refractivity contribution is 5.56. The number of nitrogens with one attached hydrogen (secondary N) is 2. The Bertz CT molecular complexity index is 463. The molecule has 4 N–H and O–H groups in total. The van der Waals surface area contributed by atoms with Crippen LogP contribution in [0.4, 0.5) is 11.6 Å². The monoisotopic (exact) mass is 279 g/mol. The first-order valence-corrected chi connectivity index (χ1v) is 7.23. The highest BCUT2D eigenvalue weighted by atomic mass is 16.5. The van der Waals surface area contributed by atoms with Crippen LogP contribution < -0.4 is 16.6 Å². The van der Waals surface area contributed by atoms with Crippen LogP contribution in [-0.2, 0) is 4.74 Å². The molecule has 1 aromatic heterocycles. The molecule has 0 radical (unpaired) electrons. The third kappa shape index (κ3) is 3.19. The Morgan fingerprint density at radius 2 is 2.05 bits per heavy atom. The summed E-state index contributed by atoms with van der Waals surface area (Å²) in [5, 5.41) is 3.43. The lowest BCUT2D eigenvalue weighted by atomic mass is 10.0. The van der Waals surface area contributed by atoms with Gasteiger partial charge in [0.2, 0.25) is 0 Å². The smallest absolute Gasteiger partial charge is 0.148 e. The van der Waals surface area contributed by atoms with Crippen molar-refractivity contribution in [3.8, 4) is 0 Å². The number of nitrogens with zero attached hydrogens (tertiary/aromatic N) is 2. The summed E-state index contributed by atoms with van der Waals surface area (Å²) in [5.74, 6) is 8.66. The van der Waals surface area contributed by atoms with Crippen molar-refractivity contribution < 1.29 is 4.74 Å².